The van der Waals surface area contributed by atoms with Crippen molar-refractivity contribution < 1.29 is 9.47 Å². The van der Waals surface area contributed by atoms with Gasteiger partial charge in [-0.15, -0.1) is 0 Å². The molecule has 0 heterocycles. The fourth-order valence-electron chi connectivity index (χ4n) is 7.37. The van der Waals surface area contributed by atoms with Gasteiger partial charge in [0.15, 0.2) is 5.79 Å². The van der Waals surface area contributed by atoms with Crippen molar-refractivity contribution in [2.24, 2.45) is 16.7 Å². The number of fused-ring (bicyclic) bond motifs is 5. The van der Waals surface area contributed by atoms with Gasteiger partial charge < -0.3 is 9.47 Å². The summed E-state index contributed by atoms with van der Waals surface area (Å²) < 4.78 is 12.5. The summed E-state index contributed by atoms with van der Waals surface area (Å²) in [6, 6.07) is 7.00. The minimum atomic E-state index is -0.746. The molecule has 0 aliphatic heterocycles. The standard InChI is InChI=1S/C34H44O2/c1-14-15-23(5)31(8,9)25(7)24(6)28-19-32(10)33(11,34(32,35-12)36-13)30-26(28)18-22(4)29-21(3)16-20(2)17-27(29)30/h14-19,25H,5-6H2,1-4,7-13H3/b15-14-. The number of aryl methyl sites for hydroxylation is 3. The maximum absolute atomic E-state index is 6.25. The predicted octanol–water partition coefficient (Wildman–Crippen LogP) is 8.78. The molecule has 36 heavy (non-hydrogen) atoms. The second-order valence-corrected chi connectivity index (χ2v) is 12.0. The summed E-state index contributed by atoms with van der Waals surface area (Å²) >= 11 is 0. The highest BCUT2D eigenvalue weighted by atomic mass is 16.7. The number of methoxy groups -OCH3 is 2. The Balaban J connectivity index is 2.06. The van der Waals surface area contributed by atoms with Crippen LogP contribution in [-0.2, 0) is 14.9 Å². The van der Waals surface area contributed by atoms with Crippen LogP contribution >= 0.6 is 0 Å². The van der Waals surface area contributed by atoms with Gasteiger partial charge in [-0.2, -0.15) is 0 Å². The quantitative estimate of drug-likeness (QED) is 0.289. The van der Waals surface area contributed by atoms with Crippen molar-refractivity contribution in [3.63, 3.8) is 0 Å². The average molecular weight is 485 g/mol. The second kappa shape index (κ2) is 8.30. The van der Waals surface area contributed by atoms with Gasteiger partial charge in [0, 0.05) is 14.2 Å². The van der Waals surface area contributed by atoms with Crippen LogP contribution in [0.2, 0.25) is 0 Å². The zero-order valence-corrected chi connectivity index (χ0v) is 24.3. The lowest BCUT2D eigenvalue weighted by Crippen LogP contribution is -2.28. The van der Waals surface area contributed by atoms with E-state index in [0.717, 1.165) is 11.1 Å². The Hall–Kier alpha value is -2.42. The molecule has 0 spiro atoms. The SMILES string of the molecule is C=C(C1=CC2(C)C(OC)(OC)C2(C)c2c1cc(C)c1c(C)cc(C)cc21)C(C)C(C)(C)C(=C)/C=C\C. The number of rotatable bonds is 7. The maximum Gasteiger partial charge on any atom is 0.187 e. The topological polar surface area (TPSA) is 18.5 Å². The maximum atomic E-state index is 6.25. The first-order valence-corrected chi connectivity index (χ1v) is 13.1. The van der Waals surface area contributed by atoms with Crippen LogP contribution in [0.5, 0.6) is 0 Å². The molecule has 0 bridgehead atoms. The molecule has 3 unspecified atom stereocenters. The van der Waals surface area contributed by atoms with E-state index >= 15 is 0 Å². The molecule has 4 rings (SSSR count). The van der Waals surface area contributed by atoms with Gasteiger partial charge in [-0.05, 0) is 103 Å². The fourth-order valence-corrected chi connectivity index (χ4v) is 7.37. The van der Waals surface area contributed by atoms with Gasteiger partial charge in [-0.1, -0.05) is 75.9 Å². The van der Waals surface area contributed by atoms with Crippen molar-refractivity contribution in [1.29, 1.82) is 0 Å². The number of benzene rings is 2. The Labute approximate surface area is 218 Å². The highest BCUT2D eigenvalue weighted by Gasteiger charge is 2.86. The lowest BCUT2D eigenvalue weighted by atomic mass is 9.66. The molecule has 2 aromatic carbocycles. The van der Waals surface area contributed by atoms with E-state index < -0.39 is 5.79 Å². The van der Waals surface area contributed by atoms with E-state index in [-0.39, 0.29) is 22.2 Å². The summed E-state index contributed by atoms with van der Waals surface area (Å²) in [5, 5.41) is 2.63. The van der Waals surface area contributed by atoms with E-state index in [1.165, 1.54) is 44.2 Å². The summed E-state index contributed by atoms with van der Waals surface area (Å²) in [6.45, 7) is 29.2. The molecule has 2 aromatic rings. The first-order chi connectivity index (χ1) is 16.7. The third-order valence-electron chi connectivity index (χ3n) is 10.0. The first kappa shape index (κ1) is 26.6. The molecule has 192 valence electrons. The molecular formula is C34H44O2. The minimum Gasteiger partial charge on any atom is -0.351 e. The summed E-state index contributed by atoms with van der Waals surface area (Å²) in [5.41, 5.74) is 9.08. The van der Waals surface area contributed by atoms with E-state index in [0.29, 0.717) is 0 Å². The van der Waals surface area contributed by atoms with E-state index in [4.69, 9.17) is 16.1 Å². The van der Waals surface area contributed by atoms with Crippen LogP contribution in [0.25, 0.3) is 16.3 Å². The monoisotopic (exact) mass is 484 g/mol. The van der Waals surface area contributed by atoms with Gasteiger partial charge in [0.05, 0.1) is 10.8 Å². The Kier molecular flexibility index (Phi) is 6.14. The predicted molar refractivity (Wildman–Crippen MR) is 154 cm³/mol. The van der Waals surface area contributed by atoms with E-state index in [1.54, 1.807) is 14.2 Å². The third kappa shape index (κ3) is 3.04. The van der Waals surface area contributed by atoms with Gasteiger partial charge >= 0.3 is 0 Å². The highest BCUT2D eigenvalue weighted by molar-refractivity contribution is 6.01. The number of hydrogen-bond acceptors (Lipinski definition) is 2. The van der Waals surface area contributed by atoms with Crippen LogP contribution in [0.15, 0.2) is 60.7 Å². The molecule has 2 aliphatic rings. The van der Waals surface area contributed by atoms with Crippen LogP contribution in [0, 0.1) is 37.5 Å². The summed E-state index contributed by atoms with van der Waals surface area (Å²) in [4.78, 5) is 0. The van der Waals surface area contributed by atoms with Crippen molar-refractivity contribution in [1.82, 2.24) is 0 Å². The van der Waals surface area contributed by atoms with E-state index in [9.17, 15) is 0 Å². The molecule has 1 fully saturated rings. The summed E-state index contributed by atoms with van der Waals surface area (Å²) in [7, 11) is 3.56. The number of ether oxygens (including phenoxy) is 2. The van der Waals surface area contributed by atoms with Gasteiger partial charge in [0.25, 0.3) is 0 Å². The van der Waals surface area contributed by atoms with Crippen molar-refractivity contribution in [3.8, 4) is 0 Å². The zero-order chi connectivity index (χ0) is 27.0. The fraction of sp³-hybridized carbons (Fsp3) is 0.471. The first-order valence-electron chi connectivity index (χ1n) is 13.1. The Morgan fingerprint density at radius 1 is 1.00 bits per heavy atom. The molecule has 2 heteroatoms. The van der Waals surface area contributed by atoms with Crippen LogP contribution in [0.1, 0.15) is 69.4 Å². The van der Waals surface area contributed by atoms with Crippen LogP contribution in [-0.4, -0.2) is 20.0 Å². The zero-order valence-electron chi connectivity index (χ0n) is 24.3. The van der Waals surface area contributed by atoms with Crippen LogP contribution in [0.3, 0.4) is 0 Å². The molecule has 1 saturated carbocycles. The van der Waals surface area contributed by atoms with Crippen molar-refractivity contribution in [2.75, 3.05) is 14.2 Å². The van der Waals surface area contributed by atoms with Crippen molar-refractivity contribution >= 4 is 16.3 Å². The number of hydrogen-bond donors (Lipinski definition) is 0. The molecule has 2 aliphatic carbocycles. The smallest absolute Gasteiger partial charge is 0.187 e. The minimum absolute atomic E-state index is 0.144. The Morgan fingerprint density at radius 3 is 2.14 bits per heavy atom. The van der Waals surface area contributed by atoms with E-state index in [2.05, 4.69) is 98.4 Å². The molecule has 2 nitrogen and oxygen atoms in total. The van der Waals surface area contributed by atoms with Crippen molar-refractivity contribution in [2.45, 2.75) is 73.5 Å². The average Bonchev–Trinajstić information content (AvgIpc) is 3.25. The van der Waals surface area contributed by atoms with E-state index in [1.807, 2.05) is 6.92 Å². The third-order valence-corrected chi connectivity index (χ3v) is 10.0. The molecular weight excluding hydrogens is 440 g/mol. The van der Waals surface area contributed by atoms with Crippen LogP contribution in [0.4, 0.5) is 0 Å². The summed E-state index contributed by atoms with van der Waals surface area (Å²) in [6.07, 6.45) is 6.58. The van der Waals surface area contributed by atoms with Crippen LogP contribution < -0.4 is 0 Å². The number of allylic oxidation sites excluding steroid dienone is 5. The van der Waals surface area contributed by atoms with Crippen molar-refractivity contribution in [3.05, 3.63) is 88.5 Å². The highest BCUT2D eigenvalue weighted by Crippen LogP contribution is 2.78. The van der Waals surface area contributed by atoms with Gasteiger partial charge in [-0.3, -0.25) is 0 Å². The molecule has 0 amide bonds. The lowest BCUT2D eigenvalue weighted by molar-refractivity contribution is -0.158. The molecule has 0 saturated heterocycles. The molecule has 0 radical (unpaired) electrons. The Morgan fingerprint density at radius 2 is 1.58 bits per heavy atom. The molecule has 0 N–H and O–H groups in total. The largest absolute Gasteiger partial charge is 0.351 e. The lowest BCUT2D eigenvalue weighted by Gasteiger charge is -2.37. The Bertz CT molecular complexity index is 1350. The van der Waals surface area contributed by atoms with Gasteiger partial charge in [-0.25, -0.2) is 0 Å². The molecule has 0 aromatic heterocycles. The van der Waals surface area contributed by atoms with Gasteiger partial charge in [0.1, 0.15) is 0 Å². The second-order valence-electron chi connectivity index (χ2n) is 12.0. The van der Waals surface area contributed by atoms with Gasteiger partial charge in [0.2, 0.25) is 0 Å². The normalized spacial score (nSPS) is 25.4. The molecule has 3 atom stereocenters. The summed E-state index contributed by atoms with van der Waals surface area (Å²) in [5.74, 6) is -0.564.